The highest BCUT2D eigenvalue weighted by molar-refractivity contribution is 4.86. The highest BCUT2D eigenvalue weighted by atomic mass is 16.5. The lowest BCUT2D eigenvalue weighted by Gasteiger charge is -2.03. The summed E-state index contributed by atoms with van der Waals surface area (Å²) in [6.07, 6.45) is 5.99. The maximum Gasteiger partial charge on any atom is 0.0591 e. The first-order valence-corrected chi connectivity index (χ1v) is 4.12. The molecular formula is C9H17NO2. The maximum atomic E-state index is 5.27. The van der Waals surface area contributed by atoms with Gasteiger partial charge >= 0.3 is 0 Å². The summed E-state index contributed by atoms with van der Waals surface area (Å²) in [6.45, 7) is 3.66. The SMILES string of the molecule is C#CCNCCOCCCOC. The number of hydrogen-bond acceptors (Lipinski definition) is 3. The van der Waals surface area contributed by atoms with Crippen molar-refractivity contribution in [1.82, 2.24) is 5.32 Å². The van der Waals surface area contributed by atoms with Crippen LogP contribution in [0.3, 0.4) is 0 Å². The number of hydrogen-bond donors (Lipinski definition) is 1. The highest BCUT2D eigenvalue weighted by Gasteiger charge is 1.87. The van der Waals surface area contributed by atoms with Gasteiger partial charge in [0.05, 0.1) is 13.2 Å². The topological polar surface area (TPSA) is 30.5 Å². The predicted octanol–water partition coefficient (Wildman–Crippen LogP) is 0.262. The molecule has 0 heterocycles. The fraction of sp³-hybridized carbons (Fsp3) is 0.778. The van der Waals surface area contributed by atoms with Crippen LogP contribution in [0.25, 0.3) is 0 Å². The first kappa shape index (κ1) is 11.4. The average Bonchev–Trinajstić information content (AvgIpc) is 2.10. The van der Waals surface area contributed by atoms with Crippen LogP contribution < -0.4 is 5.32 Å². The number of terminal acetylenes is 1. The van der Waals surface area contributed by atoms with Crippen molar-refractivity contribution in [3.63, 3.8) is 0 Å². The molecule has 12 heavy (non-hydrogen) atoms. The van der Waals surface area contributed by atoms with E-state index in [0.717, 1.165) is 26.2 Å². The number of methoxy groups -OCH3 is 1. The summed E-state index contributed by atoms with van der Waals surface area (Å²) in [5.74, 6) is 2.49. The van der Waals surface area contributed by atoms with Gasteiger partial charge in [-0.1, -0.05) is 5.92 Å². The van der Waals surface area contributed by atoms with Crippen molar-refractivity contribution < 1.29 is 9.47 Å². The summed E-state index contributed by atoms with van der Waals surface area (Å²) in [5.41, 5.74) is 0. The van der Waals surface area contributed by atoms with E-state index in [1.54, 1.807) is 7.11 Å². The molecule has 0 aromatic carbocycles. The standard InChI is InChI=1S/C9H17NO2/c1-3-5-10-6-9-12-8-4-7-11-2/h1,10H,4-9H2,2H3. The van der Waals surface area contributed by atoms with Crippen LogP contribution >= 0.6 is 0 Å². The third-order valence-electron chi connectivity index (χ3n) is 1.29. The second kappa shape index (κ2) is 10.4. The zero-order valence-corrected chi connectivity index (χ0v) is 7.64. The van der Waals surface area contributed by atoms with Crippen molar-refractivity contribution in [2.24, 2.45) is 0 Å². The predicted molar refractivity (Wildman–Crippen MR) is 49.0 cm³/mol. The molecule has 0 spiro atoms. The van der Waals surface area contributed by atoms with Crippen LogP contribution in [0, 0.1) is 12.3 Å². The van der Waals surface area contributed by atoms with Gasteiger partial charge in [-0.2, -0.15) is 0 Å². The third kappa shape index (κ3) is 9.44. The molecule has 0 aliphatic carbocycles. The first-order chi connectivity index (χ1) is 5.91. The van der Waals surface area contributed by atoms with Crippen molar-refractivity contribution in [1.29, 1.82) is 0 Å². The Morgan fingerprint density at radius 2 is 2.17 bits per heavy atom. The lowest BCUT2D eigenvalue weighted by Crippen LogP contribution is -2.20. The average molecular weight is 171 g/mol. The Hall–Kier alpha value is -0.560. The van der Waals surface area contributed by atoms with Gasteiger partial charge in [-0.15, -0.1) is 6.42 Å². The zero-order valence-electron chi connectivity index (χ0n) is 7.64. The van der Waals surface area contributed by atoms with E-state index in [-0.39, 0.29) is 0 Å². The molecule has 0 bridgehead atoms. The number of rotatable bonds is 8. The lowest BCUT2D eigenvalue weighted by atomic mass is 10.5. The van der Waals surface area contributed by atoms with E-state index < -0.39 is 0 Å². The molecule has 0 unspecified atom stereocenters. The maximum absolute atomic E-state index is 5.27. The van der Waals surface area contributed by atoms with Gasteiger partial charge in [-0.25, -0.2) is 0 Å². The Kier molecular flexibility index (Phi) is 9.95. The fourth-order valence-electron chi connectivity index (χ4n) is 0.712. The summed E-state index contributed by atoms with van der Waals surface area (Å²) in [7, 11) is 1.69. The molecule has 0 atom stereocenters. The van der Waals surface area contributed by atoms with Crippen molar-refractivity contribution in [3.05, 3.63) is 0 Å². The molecule has 0 aromatic heterocycles. The molecule has 3 nitrogen and oxygen atoms in total. The van der Waals surface area contributed by atoms with Crippen molar-refractivity contribution in [2.75, 3.05) is 40.0 Å². The quantitative estimate of drug-likeness (QED) is 0.420. The second-order valence-corrected chi connectivity index (χ2v) is 2.34. The summed E-state index contributed by atoms with van der Waals surface area (Å²) in [4.78, 5) is 0. The molecule has 0 aliphatic rings. The molecule has 0 saturated heterocycles. The smallest absolute Gasteiger partial charge is 0.0591 e. The summed E-state index contributed by atoms with van der Waals surface area (Å²) < 4.78 is 10.1. The fourth-order valence-corrected chi connectivity index (χ4v) is 0.712. The number of nitrogens with one attached hydrogen (secondary N) is 1. The molecular weight excluding hydrogens is 154 g/mol. The molecule has 0 saturated carbocycles. The van der Waals surface area contributed by atoms with Crippen LogP contribution in [0.5, 0.6) is 0 Å². The second-order valence-electron chi connectivity index (χ2n) is 2.34. The lowest BCUT2D eigenvalue weighted by molar-refractivity contribution is 0.105. The Morgan fingerprint density at radius 1 is 1.33 bits per heavy atom. The van der Waals surface area contributed by atoms with Crippen LogP contribution in [0.4, 0.5) is 0 Å². The molecule has 0 rings (SSSR count). The molecule has 1 N–H and O–H groups in total. The van der Waals surface area contributed by atoms with Gasteiger partial charge in [0.15, 0.2) is 0 Å². The zero-order chi connectivity index (χ0) is 9.07. The highest BCUT2D eigenvalue weighted by Crippen LogP contribution is 1.82. The van der Waals surface area contributed by atoms with E-state index in [9.17, 15) is 0 Å². The van der Waals surface area contributed by atoms with Crippen LogP contribution in [0.1, 0.15) is 6.42 Å². The van der Waals surface area contributed by atoms with E-state index >= 15 is 0 Å². The van der Waals surface area contributed by atoms with Gasteiger partial charge < -0.3 is 14.8 Å². The Morgan fingerprint density at radius 3 is 2.83 bits per heavy atom. The minimum atomic E-state index is 0.613. The van der Waals surface area contributed by atoms with Crippen LogP contribution in [-0.4, -0.2) is 40.0 Å². The van der Waals surface area contributed by atoms with Crippen LogP contribution in [-0.2, 0) is 9.47 Å². The summed E-state index contributed by atoms with van der Waals surface area (Å²) in [6, 6.07) is 0. The summed E-state index contributed by atoms with van der Waals surface area (Å²) in [5, 5.41) is 3.03. The Labute approximate surface area is 74.4 Å². The van der Waals surface area contributed by atoms with Gasteiger partial charge in [0.1, 0.15) is 0 Å². The first-order valence-electron chi connectivity index (χ1n) is 4.12. The molecule has 0 radical (unpaired) electrons. The largest absolute Gasteiger partial charge is 0.385 e. The van der Waals surface area contributed by atoms with E-state index in [4.69, 9.17) is 15.9 Å². The molecule has 3 heteroatoms. The van der Waals surface area contributed by atoms with Crippen molar-refractivity contribution in [2.45, 2.75) is 6.42 Å². The van der Waals surface area contributed by atoms with Crippen molar-refractivity contribution in [3.8, 4) is 12.3 Å². The monoisotopic (exact) mass is 171 g/mol. The van der Waals surface area contributed by atoms with Crippen molar-refractivity contribution >= 4 is 0 Å². The molecule has 0 fully saturated rings. The molecule has 70 valence electrons. The van der Waals surface area contributed by atoms with Crippen LogP contribution in [0.15, 0.2) is 0 Å². The van der Waals surface area contributed by atoms with Gasteiger partial charge in [0, 0.05) is 26.9 Å². The van der Waals surface area contributed by atoms with E-state index in [2.05, 4.69) is 11.2 Å². The van der Waals surface area contributed by atoms with Gasteiger partial charge in [0.2, 0.25) is 0 Å². The van der Waals surface area contributed by atoms with Gasteiger partial charge in [-0.3, -0.25) is 0 Å². The van der Waals surface area contributed by atoms with E-state index in [1.165, 1.54) is 0 Å². The third-order valence-corrected chi connectivity index (χ3v) is 1.29. The molecule has 0 aromatic rings. The Bertz CT molecular complexity index is 120. The normalized spacial score (nSPS) is 9.67. The summed E-state index contributed by atoms with van der Waals surface area (Å²) >= 11 is 0. The molecule has 0 amide bonds. The number of ether oxygens (including phenoxy) is 2. The van der Waals surface area contributed by atoms with E-state index in [0.29, 0.717) is 13.2 Å². The van der Waals surface area contributed by atoms with Gasteiger partial charge in [0.25, 0.3) is 0 Å². The molecule has 0 aliphatic heterocycles. The minimum absolute atomic E-state index is 0.613. The van der Waals surface area contributed by atoms with Gasteiger partial charge in [-0.05, 0) is 6.42 Å². The minimum Gasteiger partial charge on any atom is -0.385 e. The van der Waals surface area contributed by atoms with E-state index in [1.807, 2.05) is 0 Å². The van der Waals surface area contributed by atoms with Crippen LogP contribution in [0.2, 0.25) is 0 Å². The Balaban J connectivity index is 2.78.